The van der Waals surface area contributed by atoms with Gasteiger partial charge < -0.3 is 14.3 Å². The van der Waals surface area contributed by atoms with Crippen molar-refractivity contribution in [2.24, 2.45) is 5.92 Å². The molecule has 4 rings (SSSR count). The average molecular weight is 407 g/mol. The van der Waals surface area contributed by atoms with Crippen LogP contribution in [-0.2, 0) is 16.1 Å². The van der Waals surface area contributed by atoms with E-state index in [2.05, 4.69) is 4.90 Å². The number of phenols is 1. The number of ether oxygens (including phenoxy) is 1. The van der Waals surface area contributed by atoms with E-state index in [0.717, 1.165) is 30.3 Å². The summed E-state index contributed by atoms with van der Waals surface area (Å²) in [6.07, 6.45) is 1.67. The summed E-state index contributed by atoms with van der Waals surface area (Å²) in [6, 6.07) is 14.5. The fourth-order valence-electron chi connectivity index (χ4n) is 4.08. The maximum Gasteiger partial charge on any atom is 0.344 e. The fraction of sp³-hybridized carbons (Fsp3) is 0.333. The zero-order valence-electron chi connectivity index (χ0n) is 17.0. The molecule has 1 aliphatic heterocycles. The zero-order valence-corrected chi connectivity index (χ0v) is 17.0. The molecule has 1 unspecified atom stereocenters. The number of hydrogen-bond donors (Lipinski definition) is 1. The van der Waals surface area contributed by atoms with Gasteiger partial charge in [0.2, 0.25) is 0 Å². The third kappa shape index (κ3) is 4.09. The molecular formula is C24H25NO5. The number of carbonyl (C=O) groups is 1. The second-order valence-electron chi connectivity index (χ2n) is 7.62. The van der Waals surface area contributed by atoms with Crippen molar-refractivity contribution in [3.05, 3.63) is 64.5 Å². The molecule has 0 amide bonds. The summed E-state index contributed by atoms with van der Waals surface area (Å²) >= 11 is 0. The monoisotopic (exact) mass is 407 g/mol. The molecule has 1 fully saturated rings. The van der Waals surface area contributed by atoms with Crippen LogP contribution in [0.15, 0.2) is 57.7 Å². The lowest BCUT2D eigenvalue weighted by Gasteiger charge is -2.31. The topological polar surface area (TPSA) is 80.0 Å². The standard InChI is InChI=1S/C24H25NO5/c1-2-29-23(27)18-9-6-12-25(14-18)15-20-21(26)11-10-17-13-19(24(28)30-22(17)20)16-7-4-3-5-8-16/h3-5,7-8,10-11,13,18,26H,2,6,9,12,14-15H2,1H3. The van der Waals surface area contributed by atoms with Crippen molar-refractivity contribution in [1.82, 2.24) is 4.90 Å². The van der Waals surface area contributed by atoms with E-state index >= 15 is 0 Å². The van der Waals surface area contributed by atoms with E-state index < -0.39 is 5.63 Å². The summed E-state index contributed by atoms with van der Waals surface area (Å²) in [7, 11) is 0. The highest BCUT2D eigenvalue weighted by molar-refractivity contribution is 5.85. The smallest absolute Gasteiger partial charge is 0.344 e. The molecule has 2 aromatic carbocycles. The highest BCUT2D eigenvalue weighted by Crippen LogP contribution is 2.31. The largest absolute Gasteiger partial charge is 0.507 e. The van der Waals surface area contributed by atoms with Gasteiger partial charge in [-0.15, -0.1) is 0 Å². The second kappa shape index (κ2) is 8.71. The minimum Gasteiger partial charge on any atom is -0.507 e. The van der Waals surface area contributed by atoms with Crippen LogP contribution in [-0.4, -0.2) is 35.7 Å². The number of hydrogen-bond acceptors (Lipinski definition) is 6. The number of benzene rings is 2. The van der Waals surface area contributed by atoms with Gasteiger partial charge in [0, 0.05) is 18.5 Å². The molecule has 1 atom stereocenters. The van der Waals surface area contributed by atoms with Crippen molar-refractivity contribution in [3.8, 4) is 16.9 Å². The van der Waals surface area contributed by atoms with Gasteiger partial charge in [-0.05, 0) is 50.1 Å². The van der Waals surface area contributed by atoms with Gasteiger partial charge in [-0.2, -0.15) is 0 Å². The number of piperidine rings is 1. The molecule has 1 N–H and O–H groups in total. The summed E-state index contributed by atoms with van der Waals surface area (Å²) in [5.41, 5.74) is 1.78. The summed E-state index contributed by atoms with van der Waals surface area (Å²) in [4.78, 5) is 26.9. The van der Waals surface area contributed by atoms with E-state index in [-0.39, 0.29) is 17.6 Å². The number of phenolic OH excluding ortho intramolecular Hbond substituents is 1. The van der Waals surface area contributed by atoms with Gasteiger partial charge in [-0.1, -0.05) is 30.3 Å². The molecule has 1 saturated heterocycles. The average Bonchev–Trinajstić information content (AvgIpc) is 2.76. The summed E-state index contributed by atoms with van der Waals surface area (Å²) in [5.74, 6) is -0.271. The molecule has 6 heteroatoms. The maximum absolute atomic E-state index is 12.7. The molecule has 0 aliphatic carbocycles. The zero-order chi connectivity index (χ0) is 21.1. The molecule has 0 spiro atoms. The van der Waals surface area contributed by atoms with Gasteiger partial charge in [0.15, 0.2) is 0 Å². The van der Waals surface area contributed by atoms with Crippen LogP contribution in [0, 0.1) is 5.92 Å². The van der Waals surface area contributed by atoms with Gasteiger partial charge in [0.05, 0.1) is 23.7 Å². The molecule has 156 valence electrons. The number of likely N-dealkylation sites (tertiary alicyclic amines) is 1. The third-order valence-electron chi connectivity index (χ3n) is 5.57. The van der Waals surface area contributed by atoms with E-state index in [1.54, 1.807) is 25.1 Å². The Balaban J connectivity index is 1.66. The van der Waals surface area contributed by atoms with Crippen molar-refractivity contribution in [2.45, 2.75) is 26.3 Å². The van der Waals surface area contributed by atoms with Crippen LogP contribution < -0.4 is 5.63 Å². The molecular weight excluding hydrogens is 382 g/mol. The quantitative estimate of drug-likeness (QED) is 0.510. The summed E-state index contributed by atoms with van der Waals surface area (Å²) in [5, 5.41) is 11.2. The van der Waals surface area contributed by atoms with Crippen molar-refractivity contribution < 1.29 is 19.1 Å². The van der Waals surface area contributed by atoms with Crippen molar-refractivity contribution >= 4 is 16.9 Å². The minimum atomic E-state index is -0.441. The minimum absolute atomic E-state index is 0.0800. The Morgan fingerprint density at radius 1 is 1.23 bits per heavy atom. The fourth-order valence-corrected chi connectivity index (χ4v) is 4.08. The lowest BCUT2D eigenvalue weighted by Crippen LogP contribution is -2.39. The highest BCUT2D eigenvalue weighted by Gasteiger charge is 2.28. The lowest BCUT2D eigenvalue weighted by atomic mass is 9.97. The first-order valence-corrected chi connectivity index (χ1v) is 10.3. The number of esters is 1. The molecule has 1 aliphatic rings. The Bertz CT molecular complexity index is 1110. The maximum atomic E-state index is 12.7. The molecule has 0 bridgehead atoms. The second-order valence-corrected chi connectivity index (χ2v) is 7.62. The van der Waals surface area contributed by atoms with Gasteiger partial charge in [0.25, 0.3) is 0 Å². The molecule has 3 aromatic rings. The normalized spacial score (nSPS) is 17.2. The first-order chi connectivity index (χ1) is 14.6. The van der Waals surface area contributed by atoms with E-state index in [1.807, 2.05) is 30.3 Å². The third-order valence-corrected chi connectivity index (χ3v) is 5.57. The number of carbonyl (C=O) groups excluding carboxylic acids is 1. The predicted octanol–water partition coefficient (Wildman–Crippen LogP) is 3.94. The predicted molar refractivity (Wildman–Crippen MR) is 114 cm³/mol. The van der Waals surface area contributed by atoms with Crippen LogP contribution in [0.3, 0.4) is 0 Å². The number of rotatable bonds is 5. The molecule has 0 radical (unpaired) electrons. The lowest BCUT2D eigenvalue weighted by molar-refractivity contribution is -0.150. The molecule has 6 nitrogen and oxygen atoms in total. The van der Waals surface area contributed by atoms with Crippen molar-refractivity contribution in [1.29, 1.82) is 0 Å². The van der Waals surface area contributed by atoms with Gasteiger partial charge >= 0.3 is 11.6 Å². The van der Waals surface area contributed by atoms with E-state index in [9.17, 15) is 14.7 Å². The van der Waals surface area contributed by atoms with Crippen LogP contribution in [0.5, 0.6) is 5.75 Å². The Hall–Kier alpha value is -3.12. The number of aromatic hydroxyl groups is 1. The van der Waals surface area contributed by atoms with Crippen LogP contribution in [0.1, 0.15) is 25.3 Å². The number of nitrogens with zero attached hydrogens (tertiary/aromatic N) is 1. The van der Waals surface area contributed by atoms with Gasteiger partial charge in [0.1, 0.15) is 11.3 Å². The van der Waals surface area contributed by atoms with E-state index in [0.29, 0.717) is 36.4 Å². The van der Waals surface area contributed by atoms with Gasteiger partial charge in [-0.3, -0.25) is 9.69 Å². The van der Waals surface area contributed by atoms with E-state index in [1.165, 1.54) is 0 Å². The summed E-state index contributed by atoms with van der Waals surface area (Å²) in [6.45, 7) is 3.93. The van der Waals surface area contributed by atoms with Gasteiger partial charge in [-0.25, -0.2) is 4.79 Å². The highest BCUT2D eigenvalue weighted by atomic mass is 16.5. The number of fused-ring (bicyclic) bond motifs is 1. The molecule has 30 heavy (non-hydrogen) atoms. The van der Waals surface area contributed by atoms with Crippen LogP contribution in [0.4, 0.5) is 0 Å². The van der Waals surface area contributed by atoms with Crippen molar-refractivity contribution in [2.75, 3.05) is 19.7 Å². The Kier molecular flexibility index (Phi) is 5.86. The Morgan fingerprint density at radius 3 is 2.80 bits per heavy atom. The SMILES string of the molecule is CCOC(=O)C1CCCN(Cc2c(O)ccc3cc(-c4ccccc4)c(=O)oc23)C1. The first-order valence-electron chi connectivity index (χ1n) is 10.3. The van der Waals surface area contributed by atoms with Crippen LogP contribution in [0.2, 0.25) is 0 Å². The van der Waals surface area contributed by atoms with E-state index in [4.69, 9.17) is 9.15 Å². The molecule has 0 saturated carbocycles. The Morgan fingerprint density at radius 2 is 2.03 bits per heavy atom. The van der Waals surface area contributed by atoms with Crippen LogP contribution >= 0.6 is 0 Å². The van der Waals surface area contributed by atoms with Crippen LogP contribution in [0.25, 0.3) is 22.1 Å². The summed E-state index contributed by atoms with van der Waals surface area (Å²) < 4.78 is 10.8. The van der Waals surface area contributed by atoms with Crippen molar-refractivity contribution in [3.63, 3.8) is 0 Å². The molecule has 1 aromatic heterocycles. The molecule has 2 heterocycles. The Labute approximate surface area is 174 Å². The first kappa shape index (κ1) is 20.2.